The first kappa shape index (κ1) is 23.8. The lowest BCUT2D eigenvalue weighted by Crippen LogP contribution is -2.17. The third-order valence-electron chi connectivity index (χ3n) is 3.47. The van der Waals surface area contributed by atoms with Crippen molar-refractivity contribution < 1.29 is 45.4 Å². The van der Waals surface area contributed by atoms with Crippen LogP contribution in [0.3, 0.4) is 0 Å². The first-order chi connectivity index (χ1) is 13.8. The van der Waals surface area contributed by atoms with Crippen molar-refractivity contribution >= 4 is 35.1 Å². The zero-order valence-corrected chi connectivity index (χ0v) is 16.0. The summed E-state index contributed by atoms with van der Waals surface area (Å²) in [6.45, 7) is 0. The van der Waals surface area contributed by atoms with Gasteiger partial charge in [-0.2, -0.15) is 26.3 Å². The predicted octanol–water partition coefficient (Wildman–Crippen LogP) is 6.32. The van der Waals surface area contributed by atoms with Crippen LogP contribution in [0.25, 0.3) is 0 Å². The molecule has 0 fully saturated rings. The van der Waals surface area contributed by atoms with Crippen LogP contribution >= 0.6 is 23.2 Å². The van der Waals surface area contributed by atoms with Gasteiger partial charge < -0.3 is 9.47 Å². The Hall–Kier alpha value is -2.46. The average molecular weight is 475 g/mol. The monoisotopic (exact) mass is 474 g/mol. The standard InChI is InChI=1S/C18H10Cl2F6O4/c19-9-1-3-13(11(7-9)17(21,22)23)29-15(27)5-6-16(28)30-14-4-2-10(20)8-12(14)18(24,25)26/h1-4,7-8H,5-6H2. The van der Waals surface area contributed by atoms with Crippen LogP contribution in [-0.4, -0.2) is 11.9 Å². The van der Waals surface area contributed by atoms with E-state index in [-0.39, 0.29) is 10.0 Å². The van der Waals surface area contributed by atoms with E-state index in [1.807, 2.05) is 0 Å². The number of rotatable bonds is 5. The molecule has 0 aromatic heterocycles. The van der Waals surface area contributed by atoms with E-state index in [0.29, 0.717) is 12.1 Å². The van der Waals surface area contributed by atoms with Gasteiger partial charge in [0.1, 0.15) is 11.5 Å². The fourth-order valence-electron chi connectivity index (χ4n) is 2.18. The summed E-state index contributed by atoms with van der Waals surface area (Å²) in [5, 5.41) is -0.483. The molecule has 162 valence electrons. The highest BCUT2D eigenvalue weighted by molar-refractivity contribution is 6.31. The van der Waals surface area contributed by atoms with E-state index in [1.54, 1.807) is 0 Å². The Kier molecular flexibility index (Phi) is 7.25. The van der Waals surface area contributed by atoms with Crippen molar-refractivity contribution in [1.29, 1.82) is 0 Å². The van der Waals surface area contributed by atoms with Crippen molar-refractivity contribution in [1.82, 2.24) is 0 Å². The summed E-state index contributed by atoms with van der Waals surface area (Å²) in [6.07, 6.45) is -11.2. The number of benzene rings is 2. The number of carbonyl (C=O) groups excluding carboxylic acids is 2. The molecule has 0 amide bonds. The lowest BCUT2D eigenvalue weighted by Gasteiger charge is -2.14. The number of carbonyl (C=O) groups is 2. The lowest BCUT2D eigenvalue weighted by molar-refractivity contribution is -0.146. The first-order valence-electron chi connectivity index (χ1n) is 7.92. The van der Waals surface area contributed by atoms with Crippen LogP contribution in [0.4, 0.5) is 26.3 Å². The van der Waals surface area contributed by atoms with Crippen molar-refractivity contribution in [3.8, 4) is 11.5 Å². The Morgan fingerprint density at radius 3 is 1.33 bits per heavy atom. The van der Waals surface area contributed by atoms with Crippen LogP contribution in [0.1, 0.15) is 24.0 Å². The summed E-state index contributed by atoms with van der Waals surface area (Å²) in [5.74, 6) is -4.12. The zero-order chi connectivity index (χ0) is 22.7. The molecule has 2 aromatic rings. The average Bonchev–Trinajstić information content (AvgIpc) is 2.61. The highest BCUT2D eigenvalue weighted by Gasteiger charge is 2.36. The van der Waals surface area contributed by atoms with Crippen molar-refractivity contribution in [2.45, 2.75) is 25.2 Å². The maximum absolute atomic E-state index is 13.0. The molecular weight excluding hydrogens is 465 g/mol. The normalized spacial score (nSPS) is 11.9. The molecule has 2 rings (SSSR count). The maximum Gasteiger partial charge on any atom is 0.420 e. The highest BCUT2D eigenvalue weighted by atomic mass is 35.5. The van der Waals surface area contributed by atoms with Crippen molar-refractivity contribution in [2.24, 2.45) is 0 Å². The maximum atomic E-state index is 13.0. The van der Waals surface area contributed by atoms with Crippen LogP contribution in [0.5, 0.6) is 11.5 Å². The quantitative estimate of drug-likeness (QED) is 0.289. The molecule has 0 spiro atoms. The van der Waals surface area contributed by atoms with Gasteiger partial charge in [-0.1, -0.05) is 23.2 Å². The Morgan fingerprint density at radius 1 is 0.700 bits per heavy atom. The SMILES string of the molecule is O=C(CCC(=O)Oc1ccc(Cl)cc1C(F)(F)F)Oc1ccc(Cl)cc1C(F)(F)F. The van der Waals surface area contributed by atoms with Crippen LogP contribution in [0.2, 0.25) is 10.0 Å². The number of hydrogen-bond donors (Lipinski definition) is 0. The summed E-state index contributed by atoms with van der Waals surface area (Å²) < 4.78 is 87.0. The van der Waals surface area contributed by atoms with Gasteiger partial charge in [0.2, 0.25) is 0 Å². The fourth-order valence-corrected chi connectivity index (χ4v) is 2.52. The highest BCUT2D eigenvalue weighted by Crippen LogP contribution is 2.39. The number of halogens is 8. The minimum atomic E-state index is -4.86. The zero-order valence-electron chi connectivity index (χ0n) is 14.5. The molecule has 0 saturated carbocycles. The van der Waals surface area contributed by atoms with Crippen LogP contribution < -0.4 is 9.47 Å². The summed E-state index contributed by atoms with van der Waals surface area (Å²) in [6, 6.07) is 4.88. The van der Waals surface area contributed by atoms with Gasteiger partial charge >= 0.3 is 24.3 Å². The predicted molar refractivity (Wildman–Crippen MR) is 93.4 cm³/mol. The van der Waals surface area contributed by atoms with Gasteiger partial charge in [0.25, 0.3) is 0 Å². The van der Waals surface area contributed by atoms with Gasteiger partial charge in [0, 0.05) is 10.0 Å². The minimum Gasteiger partial charge on any atom is -0.426 e. The molecule has 30 heavy (non-hydrogen) atoms. The Labute approximate surface area is 175 Å². The molecule has 0 saturated heterocycles. The molecule has 0 atom stereocenters. The molecule has 0 aliphatic carbocycles. The van der Waals surface area contributed by atoms with E-state index in [4.69, 9.17) is 23.2 Å². The molecule has 0 heterocycles. The minimum absolute atomic E-state index is 0.242. The van der Waals surface area contributed by atoms with Gasteiger partial charge in [0.05, 0.1) is 24.0 Å². The van der Waals surface area contributed by atoms with Gasteiger partial charge in [-0.05, 0) is 36.4 Å². The topological polar surface area (TPSA) is 52.6 Å². The molecule has 0 bridgehead atoms. The molecule has 12 heteroatoms. The Bertz CT molecular complexity index is 879. The summed E-state index contributed by atoms with van der Waals surface area (Å²) in [7, 11) is 0. The van der Waals surface area contributed by atoms with E-state index in [9.17, 15) is 35.9 Å². The smallest absolute Gasteiger partial charge is 0.420 e. The number of esters is 2. The van der Waals surface area contributed by atoms with Crippen LogP contribution in [-0.2, 0) is 21.9 Å². The van der Waals surface area contributed by atoms with E-state index in [1.165, 1.54) is 0 Å². The first-order valence-corrected chi connectivity index (χ1v) is 8.68. The third-order valence-corrected chi connectivity index (χ3v) is 3.95. The number of alkyl halides is 6. The van der Waals surface area contributed by atoms with Crippen molar-refractivity contribution in [3.05, 3.63) is 57.6 Å². The molecule has 0 aliphatic heterocycles. The van der Waals surface area contributed by atoms with Crippen molar-refractivity contribution in [3.63, 3.8) is 0 Å². The molecule has 0 N–H and O–H groups in total. The second-order valence-corrected chi connectivity index (χ2v) is 6.60. The fraction of sp³-hybridized carbons (Fsp3) is 0.222. The van der Waals surface area contributed by atoms with E-state index in [2.05, 4.69) is 9.47 Å². The molecule has 4 nitrogen and oxygen atoms in total. The largest absolute Gasteiger partial charge is 0.426 e. The van der Waals surface area contributed by atoms with Gasteiger partial charge in [-0.25, -0.2) is 0 Å². The summed E-state index contributed by atoms with van der Waals surface area (Å²) in [4.78, 5) is 23.6. The molecule has 0 aliphatic rings. The molecule has 0 unspecified atom stereocenters. The van der Waals surface area contributed by atoms with Crippen LogP contribution in [0.15, 0.2) is 36.4 Å². The van der Waals surface area contributed by atoms with Crippen LogP contribution in [0, 0.1) is 0 Å². The molecular formula is C18H10Cl2F6O4. The Morgan fingerprint density at radius 2 is 1.03 bits per heavy atom. The Balaban J connectivity index is 2.03. The van der Waals surface area contributed by atoms with E-state index in [0.717, 1.165) is 24.3 Å². The number of hydrogen-bond acceptors (Lipinski definition) is 4. The molecule has 0 radical (unpaired) electrons. The van der Waals surface area contributed by atoms with Gasteiger partial charge in [0.15, 0.2) is 0 Å². The second kappa shape index (κ2) is 9.13. The van der Waals surface area contributed by atoms with Gasteiger partial charge in [-0.3, -0.25) is 9.59 Å². The lowest BCUT2D eigenvalue weighted by atomic mass is 10.2. The summed E-state index contributed by atoms with van der Waals surface area (Å²) in [5.41, 5.74) is -2.61. The third kappa shape index (κ3) is 6.53. The van der Waals surface area contributed by atoms with E-state index >= 15 is 0 Å². The summed E-state index contributed by atoms with van der Waals surface area (Å²) >= 11 is 11.0. The van der Waals surface area contributed by atoms with Gasteiger partial charge in [-0.15, -0.1) is 0 Å². The number of ether oxygens (including phenoxy) is 2. The second-order valence-electron chi connectivity index (χ2n) is 5.72. The van der Waals surface area contributed by atoms with Crippen molar-refractivity contribution in [2.75, 3.05) is 0 Å². The molecule has 2 aromatic carbocycles. The van der Waals surface area contributed by atoms with E-state index < -0.39 is 59.8 Å².